The normalized spacial score (nSPS) is 10.4. The predicted molar refractivity (Wildman–Crippen MR) is 78.2 cm³/mol. The lowest BCUT2D eigenvalue weighted by atomic mass is 10.1. The molecule has 0 saturated carbocycles. The minimum absolute atomic E-state index is 0.347. The van der Waals surface area contributed by atoms with E-state index in [1.807, 2.05) is 19.9 Å². The van der Waals surface area contributed by atoms with Gasteiger partial charge in [0.2, 0.25) is 0 Å². The van der Waals surface area contributed by atoms with E-state index < -0.39 is 5.97 Å². The fourth-order valence-electron chi connectivity index (χ4n) is 1.93. The van der Waals surface area contributed by atoms with Crippen molar-refractivity contribution in [3.05, 3.63) is 45.7 Å². The van der Waals surface area contributed by atoms with Crippen LogP contribution < -0.4 is 5.32 Å². The van der Waals surface area contributed by atoms with Gasteiger partial charge >= 0.3 is 5.97 Å². The second kappa shape index (κ2) is 5.96. The molecule has 1 aromatic carbocycles. The Labute approximate surface area is 122 Å². The molecule has 5 nitrogen and oxygen atoms in total. The summed E-state index contributed by atoms with van der Waals surface area (Å²) < 4.78 is 4.69. The van der Waals surface area contributed by atoms with Crippen LogP contribution in [0.3, 0.4) is 0 Å². The molecule has 1 aromatic heterocycles. The van der Waals surface area contributed by atoms with Gasteiger partial charge in [0.25, 0.3) is 0 Å². The molecule has 0 bridgehead atoms. The van der Waals surface area contributed by atoms with Gasteiger partial charge in [0.1, 0.15) is 0 Å². The van der Waals surface area contributed by atoms with E-state index in [0.717, 1.165) is 22.6 Å². The van der Waals surface area contributed by atoms with E-state index >= 15 is 0 Å². The number of aromatic nitrogens is 2. The Bertz CT molecular complexity index is 618. The number of rotatable bonds is 4. The lowest BCUT2D eigenvalue weighted by Crippen LogP contribution is -2.05. The highest BCUT2D eigenvalue weighted by Crippen LogP contribution is 2.22. The number of ether oxygens (including phenoxy) is 1. The highest BCUT2D eigenvalue weighted by Gasteiger charge is 2.12. The number of anilines is 1. The summed E-state index contributed by atoms with van der Waals surface area (Å²) in [7, 11) is 1.33. The van der Waals surface area contributed by atoms with Gasteiger partial charge in [0.15, 0.2) is 0 Å². The van der Waals surface area contributed by atoms with Crippen LogP contribution in [0.1, 0.15) is 27.3 Å². The molecule has 0 aliphatic heterocycles. The van der Waals surface area contributed by atoms with Gasteiger partial charge in [-0.1, -0.05) is 11.6 Å². The quantitative estimate of drug-likeness (QED) is 0.850. The van der Waals surface area contributed by atoms with Crippen molar-refractivity contribution in [3.8, 4) is 0 Å². The Hall–Kier alpha value is -2.01. The zero-order valence-electron chi connectivity index (χ0n) is 11.6. The molecule has 0 aliphatic rings. The number of esters is 1. The number of H-pyrrole nitrogens is 1. The largest absolute Gasteiger partial charge is 0.465 e. The van der Waals surface area contributed by atoms with Crippen molar-refractivity contribution in [1.29, 1.82) is 0 Å². The smallest absolute Gasteiger partial charge is 0.339 e. The molecular weight excluding hydrogens is 278 g/mol. The van der Waals surface area contributed by atoms with Crippen LogP contribution >= 0.6 is 11.6 Å². The van der Waals surface area contributed by atoms with Gasteiger partial charge in [-0.05, 0) is 32.0 Å². The summed E-state index contributed by atoms with van der Waals surface area (Å²) in [6.07, 6.45) is 0. The van der Waals surface area contributed by atoms with Gasteiger partial charge < -0.3 is 10.1 Å². The number of aromatic amines is 1. The Morgan fingerprint density at radius 2 is 2.20 bits per heavy atom. The highest BCUT2D eigenvalue weighted by atomic mass is 35.5. The SMILES string of the molecule is COC(=O)c1cc(NCc2c(C)n[nH]c2C)ccc1Cl. The lowest BCUT2D eigenvalue weighted by Gasteiger charge is -2.09. The standard InChI is InChI=1S/C14H16ClN3O2/c1-8-12(9(2)18-17-8)7-16-10-4-5-13(15)11(6-10)14(19)20-3/h4-6,16H,7H2,1-3H3,(H,17,18). The first kappa shape index (κ1) is 14.4. The van der Waals surface area contributed by atoms with Gasteiger partial charge in [-0.2, -0.15) is 5.10 Å². The molecule has 6 heteroatoms. The predicted octanol–water partition coefficient (Wildman–Crippen LogP) is 3.08. The third-order valence-corrected chi connectivity index (χ3v) is 3.45. The molecule has 2 N–H and O–H groups in total. The van der Waals surface area contributed by atoms with Crippen LogP contribution in [0.4, 0.5) is 5.69 Å². The number of hydrogen-bond donors (Lipinski definition) is 2. The van der Waals surface area contributed by atoms with Crippen molar-refractivity contribution in [2.45, 2.75) is 20.4 Å². The summed E-state index contributed by atoms with van der Waals surface area (Å²) in [5.41, 5.74) is 4.24. The highest BCUT2D eigenvalue weighted by molar-refractivity contribution is 6.33. The molecule has 0 atom stereocenters. The Morgan fingerprint density at radius 3 is 2.80 bits per heavy atom. The number of nitrogens with zero attached hydrogens (tertiary/aromatic N) is 1. The summed E-state index contributed by atoms with van der Waals surface area (Å²) in [4.78, 5) is 11.6. The zero-order chi connectivity index (χ0) is 14.7. The number of halogens is 1. The van der Waals surface area contributed by atoms with Crippen LogP contribution in [0.15, 0.2) is 18.2 Å². The molecule has 0 fully saturated rings. The molecule has 1 heterocycles. The average Bonchev–Trinajstić information content (AvgIpc) is 2.76. The minimum Gasteiger partial charge on any atom is -0.465 e. The fraction of sp³-hybridized carbons (Fsp3) is 0.286. The van der Waals surface area contributed by atoms with E-state index in [2.05, 4.69) is 15.5 Å². The van der Waals surface area contributed by atoms with Crippen LogP contribution in [-0.4, -0.2) is 23.3 Å². The monoisotopic (exact) mass is 293 g/mol. The summed E-state index contributed by atoms with van der Waals surface area (Å²) in [6.45, 7) is 4.54. The topological polar surface area (TPSA) is 67.0 Å². The molecule has 0 radical (unpaired) electrons. The van der Waals surface area contributed by atoms with Crippen molar-refractivity contribution >= 4 is 23.3 Å². The van der Waals surface area contributed by atoms with E-state index in [9.17, 15) is 4.79 Å². The molecular formula is C14H16ClN3O2. The summed E-state index contributed by atoms with van der Waals surface area (Å²) in [6, 6.07) is 5.17. The maximum absolute atomic E-state index is 11.6. The molecule has 0 unspecified atom stereocenters. The van der Waals surface area contributed by atoms with Crippen molar-refractivity contribution in [3.63, 3.8) is 0 Å². The number of nitrogens with one attached hydrogen (secondary N) is 2. The van der Waals surface area contributed by atoms with Gasteiger partial charge in [-0.25, -0.2) is 4.79 Å². The van der Waals surface area contributed by atoms with Crippen molar-refractivity contribution in [2.75, 3.05) is 12.4 Å². The molecule has 2 aromatic rings. The van der Waals surface area contributed by atoms with Gasteiger partial charge in [0, 0.05) is 23.5 Å². The Kier molecular flexibility index (Phi) is 4.29. The first-order valence-electron chi connectivity index (χ1n) is 6.15. The summed E-state index contributed by atoms with van der Waals surface area (Å²) in [5.74, 6) is -0.450. The number of aryl methyl sites for hydroxylation is 2. The maximum atomic E-state index is 11.6. The zero-order valence-corrected chi connectivity index (χ0v) is 12.3. The molecule has 20 heavy (non-hydrogen) atoms. The Balaban J connectivity index is 2.16. The van der Waals surface area contributed by atoms with E-state index in [1.165, 1.54) is 7.11 Å². The molecule has 0 spiro atoms. The molecule has 0 aliphatic carbocycles. The summed E-state index contributed by atoms with van der Waals surface area (Å²) in [5, 5.41) is 10.7. The van der Waals surface area contributed by atoms with E-state index in [-0.39, 0.29) is 0 Å². The lowest BCUT2D eigenvalue weighted by molar-refractivity contribution is 0.0601. The minimum atomic E-state index is -0.450. The number of hydrogen-bond acceptors (Lipinski definition) is 4. The fourth-order valence-corrected chi connectivity index (χ4v) is 2.12. The third kappa shape index (κ3) is 2.93. The average molecular weight is 294 g/mol. The summed E-state index contributed by atoms with van der Waals surface area (Å²) >= 11 is 5.98. The third-order valence-electron chi connectivity index (χ3n) is 3.12. The van der Waals surface area contributed by atoms with Crippen LogP contribution in [0.5, 0.6) is 0 Å². The van der Waals surface area contributed by atoms with Crippen LogP contribution in [0.2, 0.25) is 5.02 Å². The van der Waals surface area contributed by atoms with Gasteiger partial charge in [-0.15, -0.1) is 0 Å². The number of carbonyl (C=O) groups is 1. The van der Waals surface area contributed by atoms with Crippen molar-refractivity contribution < 1.29 is 9.53 Å². The van der Waals surface area contributed by atoms with Crippen molar-refractivity contribution in [1.82, 2.24) is 10.2 Å². The van der Waals surface area contributed by atoms with Gasteiger partial charge in [0.05, 0.1) is 23.4 Å². The van der Waals surface area contributed by atoms with Gasteiger partial charge in [-0.3, -0.25) is 5.10 Å². The molecule has 2 rings (SSSR count). The van der Waals surface area contributed by atoms with E-state index in [4.69, 9.17) is 16.3 Å². The second-order valence-corrected chi connectivity index (χ2v) is 4.86. The number of carbonyl (C=O) groups excluding carboxylic acids is 1. The van der Waals surface area contributed by atoms with E-state index in [1.54, 1.807) is 12.1 Å². The van der Waals surface area contributed by atoms with Crippen LogP contribution in [0.25, 0.3) is 0 Å². The van der Waals surface area contributed by atoms with E-state index in [0.29, 0.717) is 17.1 Å². The number of benzene rings is 1. The van der Waals surface area contributed by atoms with Crippen LogP contribution in [0, 0.1) is 13.8 Å². The van der Waals surface area contributed by atoms with Crippen LogP contribution in [-0.2, 0) is 11.3 Å². The first-order chi connectivity index (χ1) is 9.52. The second-order valence-electron chi connectivity index (χ2n) is 4.45. The van der Waals surface area contributed by atoms with Crippen molar-refractivity contribution in [2.24, 2.45) is 0 Å². The molecule has 106 valence electrons. The Morgan fingerprint density at radius 1 is 1.45 bits per heavy atom. The first-order valence-corrected chi connectivity index (χ1v) is 6.53. The molecule has 0 saturated heterocycles. The number of methoxy groups -OCH3 is 1. The molecule has 0 amide bonds. The maximum Gasteiger partial charge on any atom is 0.339 e.